The Hall–Kier alpha value is -3.30. The van der Waals surface area contributed by atoms with Gasteiger partial charge in [0.15, 0.2) is 5.82 Å². The van der Waals surface area contributed by atoms with Crippen LogP contribution in [-0.4, -0.2) is 29.3 Å². The number of hydrogen-bond donors (Lipinski definition) is 1. The number of pyridine rings is 2. The van der Waals surface area contributed by atoms with Gasteiger partial charge in [-0.2, -0.15) is 0 Å². The SMILES string of the molecule is O=C(NCc1cccnc1)C1=NN(c2ccc(Cl)cc2)c2ncccc2S1(=O)=O. The van der Waals surface area contributed by atoms with E-state index in [2.05, 4.69) is 20.4 Å². The summed E-state index contributed by atoms with van der Waals surface area (Å²) in [6.45, 7) is 0.113. The van der Waals surface area contributed by atoms with E-state index in [1.807, 2.05) is 0 Å². The van der Waals surface area contributed by atoms with Crippen molar-refractivity contribution in [1.82, 2.24) is 15.3 Å². The zero-order chi connectivity index (χ0) is 20.4. The second-order valence-electron chi connectivity index (χ2n) is 6.07. The van der Waals surface area contributed by atoms with Crippen LogP contribution in [0.2, 0.25) is 5.02 Å². The molecule has 2 aromatic heterocycles. The highest BCUT2D eigenvalue weighted by molar-refractivity contribution is 8.08. The van der Waals surface area contributed by atoms with E-state index < -0.39 is 20.8 Å². The number of aromatic nitrogens is 2. The van der Waals surface area contributed by atoms with Crippen LogP contribution in [0.15, 0.2) is 77.1 Å². The van der Waals surface area contributed by atoms with E-state index in [9.17, 15) is 13.2 Å². The van der Waals surface area contributed by atoms with Gasteiger partial charge < -0.3 is 5.32 Å². The number of amides is 1. The van der Waals surface area contributed by atoms with Gasteiger partial charge in [-0.3, -0.25) is 9.78 Å². The fraction of sp³-hybridized carbons (Fsp3) is 0.0526. The van der Waals surface area contributed by atoms with E-state index in [0.717, 1.165) is 5.56 Å². The smallest absolute Gasteiger partial charge is 0.284 e. The third kappa shape index (κ3) is 3.69. The highest BCUT2D eigenvalue weighted by atomic mass is 35.5. The Morgan fingerprint density at radius 1 is 1.07 bits per heavy atom. The molecule has 146 valence electrons. The second kappa shape index (κ2) is 7.61. The lowest BCUT2D eigenvalue weighted by molar-refractivity contribution is -0.114. The molecule has 1 amide bonds. The second-order valence-corrected chi connectivity index (χ2v) is 8.34. The topological polar surface area (TPSA) is 105 Å². The number of anilines is 2. The van der Waals surface area contributed by atoms with E-state index in [4.69, 9.17) is 11.6 Å². The molecule has 0 radical (unpaired) electrons. The standard InChI is InChI=1S/C19H14ClN5O3S/c20-14-5-7-15(8-6-14)25-17-16(4-2-10-22-17)29(27,28)19(24-25)18(26)23-12-13-3-1-9-21-11-13/h1-11H,12H2,(H,23,26). The monoisotopic (exact) mass is 427 g/mol. The first kappa shape index (κ1) is 19.0. The normalized spacial score (nSPS) is 14.7. The molecule has 1 aromatic carbocycles. The number of nitrogens with one attached hydrogen (secondary N) is 1. The largest absolute Gasteiger partial charge is 0.346 e. The van der Waals surface area contributed by atoms with Crippen molar-refractivity contribution >= 4 is 43.9 Å². The molecular weight excluding hydrogens is 414 g/mol. The summed E-state index contributed by atoms with van der Waals surface area (Å²) in [7, 11) is -4.14. The Kier molecular flexibility index (Phi) is 4.99. The summed E-state index contributed by atoms with van der Waals surface area (Å²) in [6.07, 6.45) is 4.64. The molecule has 1 aliphatic rings. The van der Waals surface area contributed by atoms with Crippen molar-refractivity contribution in [3.8, 4) is 0 Å². The van der Waals surface area contributed by atoms with Crippen LogP contribution in [0.5, 0.6) is 0 Å². The van der Waals surface area contributed by atoms with Gasteiger partial charge in [-0.25, -0.2) is 18.4 Å². The van der Waals surface area contributed by atoms with E-state index >= 15 is 0 Å². The molecule has 0 saturated carbocycles. The minimum absolute atomic E-state index is 0.100. The number of carbonyl (C=O) groups excluding carboxylic acids is 1. The summed E-state index contributed by atoms with van der Waals surface area (Å²) in [6, 6.07) is 13.0. The molecular formula is C19H14ClN5O3S. The summed E-state index contributed by atoms with van der Waals surface area (Å²) < 4.78 is 26.0. The number of hydrogen-bond acceptors (Lipinski definition) is 7. The van der Waals surface area contributed by atoms with Crippen molar-refractivity contribution in [3.63, 3.8) is 0 Å². The molecule has 0 saturated heterocycles. The zero-order valence-electron chi connectivity index (χ0n) is 14.9. The van der Waals surface area contributed by atoms with Crippen LogP contribution in [0.4, 0.5) is 11.5 Å². The third-order valence-electron chi connectivity index (χ3n) is 4.13. The van der Waals surface area contributed by atoms with Gasteiger partial charge in [0.2, 0.25) is 14.9 Å². The number of fused-ring (bicyclic) bond motifs is 1. The van der Waals surface area contributed by atoms with Crippen molar-refractivity contribution in [1.29, 1.82) is 0 Å². The number of nitrogens with zero attached hydrogens (tertiary/aromatic N) is 4. The first-order valence-corrected chi connectivity index (χ1v) is 10.3. The van der Waals surface area contributed by atoms with Gasteiger partial charge >= 0.3 is 0 Å². The van der Waals surface area contributed by atoms with Crippen molar-refractivity contribution in [2.75, 3.05) is 5.01 Å². The summed E-state index contributed by atoms with van der Waals surface area (Å²) >= 11 is 5.94. The maximum Gasteiger partial charge on any atom is 0.284 e. The molecule has 3 heterocycles. The highest BCUT2D eigenvalue weighted by Gasteiger charge is 2.38. The Morgan fingerprint density at radius 3 is 2.55 bits per heavy atom. The predicted octanol–water partition coefficient (Wildman–Crippen LogP) is 2.69. The van der Waals surface area contributed by atoms with Gasteiger partial charge in [0.05, 0.1) is 5.69 Å². The van der Waals surface area contributed by atoms with E-state index in [0.29, 0.717) is 10.7 Å². The van der Waals surface area contributed by atoms with E-state index in [1.54, 1.807) is 48.8 Å². The van der Waals surface area contributed by atoms with Crippen LogP contribution >= 0.6 is 11.6 Å². The van der Waals surface area contributed by atoms with Crippen molar-refractivity contribution < 1.29 is 13.2 Å². The molecule has 0 aliphatic carbocycles. The molecule has 29 heavy (non-hydrogen) atoms. The first-order chi connectivity index (χ1) is 14.0. The van der Waals surface area contributed by atoms with Gasteiger partial charge in [0, 0.05) is 30.2 Å². The Balaban J connectivity index is 1.73. The number of halogens is 1. The van der Waals surface area contributed by atoms with E-state index in [1.165, 1.54) is 23.3 Å². The minimum Gasteiger partial charge on any atom is -0.346 e. The molecule has 1 aliphatic heterocycles. The number of sulfone groups is 1. The van der Waals surface area contributed by atoms with Crippen LogP contribution in [-0.2, 0) is 21.2 Å². The van der Waals surface area contributed by atoms with Gasteiger partial charge in [-0.1, -0.05) is 17.7 Å². The van der Waals surface area contributed by atoms with Crippen LogP contribution in [0.25, 0.3) is 0 Å². The lowest BCUT2D eigenvalue weighted by Crippen LogP contribution is -2.40. The summed E-state index contributed by atoms with van der Waals surface area (Å²) in [4.78, 5) is 20.7. The van der Waals surface area contributed by atoms with Gasteiger partial charge in [-0.05, 0) is 48.0 Å². The molecule has 0 atom stereocenters. The summed E-state index contributed by atoms with van der Waals surface area (Å²) in [5.74, 6) is -0.707. The maximum absolute atomic E-state index is 13.0. The quantitative estimate of drug-likeness (QED) is 0.686. The average Bonchev–Trinajstić information content (AvgIpc) is 2.74. The van der Waals surface area contributed by atoms with Crippen LogP contribution < -0.4 is 10.3 Å². The van der Waals surface area contributed by atoms with Crippen molar-refractivity contribution in [2.24, 2.45) is 5.10 Å². The minimum atomic E-state index is -4.14. The van der Waals surface area contributed by atoms with Crippen LogP contribution in [0.1, 0.15) is 5.56 Å². The van der Waals surface area contributed by atoms with Crippen molar-refractivity contribution in [3.05, 3.63) is 77.7 Å². The maximum atomic E-state index is 13.0. The Labute approximate surface area is 171 Å². The number of rotatable bonds is 4. The number of benzene rings is 1. The molecule has 0 fully saturated rings. The van der Waals surface area contributed by atoms with Gasteiger partial charge in [-0.15, -0.1) is 5.10 Å². The lowest BCUT2D eigenvalue weighted by atomic mass is 10.3. The molecule has 0 unspecified atom stereocenters. The van der Waals surface area contributed by atoms with Crippen LogP contribution in [0.3, 0.4) is 0 Å². The average molecular weight is 428 g/mol. The number of hydrazone groups is 1. The van der Waals surface area contributed by atoms with Crippen LogP contribution in [0, 0.1) is 0 Å². The molecule has 4 rings (SSSR count). The first-order valence-electron chi connectivity index (χ1n) is 8.48. The van der Waals surface area contributed by atoms with Gasteiger partial charge in [0.25, 0.3) is 5.91 Å². The molecule has 1 N–H and O–H groups in total. The molecule has 10 heteroatoms. The molecule has 0 bridgehead atoms. The summed E-state index contributed by atoms with van der Waals surface area (Å²) in [5, 5.41) is 7.91. The third-order valence-corrected chi connectivity index (χ3v) is 6.05. The lowest BCUT2D eigenvalue weighted by Gasteiger charge is -2.26. The number of carbonyl (C=O) groups is 1. The molecule has 8 nitrogen and oxygen atoms in total. The Bertz CT molecular complexity index is 1200. The molecule has 3 aromatic rings. The fourth-order valence-corrected chi connectivity index (χ4v) is 4.21. The zero-order valence-corrected chi connectivity index (χ0v) is 16.4. The predicted molar refractivity (Wildman–Crippen MR) is 109 cm³/mol. The molecule has 0 spiro atoms. The summed E-state index contributed by atoms with van der Waals surface area (Å²) in [5.41, 5.74) is 1.24. The Morgan fingerprint density at radius 2 is 1.83 bits per heavy atom. The van der Waals surface area contributed by atoms with E-state index in [-0.39, 0.29) is 17.3 Å². The van der Waals surface area contributed by atoms with Gasteiger partial charge in [0.1, 0.15) is 4.90 Å². The fourth-order valence-electron chi connectivity index (χ4n) is 2.74. The van der Waals surface area contributed by atoms with Crippen molar-refractivity contribution in [2.45, 2.75) is 11.4 Å². The highest BCUT2D eigenvalue weighted by Crippen LogP contribution is 2.35.